The molecule has 0 saturated carbocycles. The Morgan fingerprint density at radius 1 is 1.09 bits per heavy atom. The van der Waals surface area contributed by atoms with Gasteiger partial charge >= 0.3 is 5.97 Å². The molecular formula is C18H16N2O3. The van der Waals surface area contributed by atoms with Gasteiger partial charge in [-0.3, -0.25) is 0 Å². The van der Waals surface area contributed by atoms with E-state index in [-0.39, 0.29) is 12.5 Å². The zero-order valence-electron chi connectivity index (χ0n) is 12.9. The highest BCUT2D eigenvalue weighted by Gasteiger charge is 2.12. The van der Waals surface area contributed by atoms with Crippen LogP contribution in [-0.4, -0.2) is 16.1 Å². The summed E-state index contributed by atoms with van der Waals surface area (Å²) < 4.78 is 10.3. The molecule has 0 atom stereocenters. The molecular weight excluding hydrogens is 292 g/mol. The van der Waals surface area contributed by atoms with E-state index in [1.54, 1.807) is 12.1 Å². The van der Waals surface area contributed by atoms with Gasteiger partial charge in [-0.1, -0.05) is 41.6 Å². The first-order valence-corrected chi connectivity index (χ1v) is 7.26. The third kappa shape index (κ3) is 3.45. The molecule has 0 amide bonds. The molecule has 0 bridgehead atoms. The number of esters is 1. The smallest absolute Gasteiger partial charge is 0.338 e. The van der Waals surface area contributed by atoms with Gasteiger partial charge in [0.1, 0.15) is 0 Å². The second-order valence-electron chi connectivity index (χ2n) is 5.25. The van der Waals surface area contributed by atoms with E-state index < -0.39 is 5.97 Å². The highest BCUT2D eigenvalue weighted by atomic mass is 16.6. The van der Waals surface area contributed by atoms with Gasteiger partial charge in [-0.25, -0.2) is 4.79 Å². The van der Waals surface area contributed by atoms with Crippen molar-refractivity contribution in [1.29, 1.82) is 0 Å². The number of aryl methyl sites for hydroxylation is 2. The summed E-state index contributed by atoms with van der Waals surface area (Å²) >= 11 is 0. The first-order chi connectivity index (χ1) is 11.1. The fourth-order valence-corrected chi connectivity index (χ4v) is 2.10. The van der Waals surface area contributed by atoms with E-state index >= 15 is 0 Å². The van der Waals surface area contributed by atoms with Crippen LogP contribution in [0.1, 0.15) is 27.4 Å². The van der Waals surface area contributed by atoms with E-state index in [1.807, 2.05) is 50.2 Å². The molecule has 3 aromatic rings. The maximum absolute atomic E-state index is 12.0. The fraction of sp³-hybridized carbons (Fsp3) is 0.167. The van der Waals surface area contributed by atoms with Crippen molar-refractivity contribution in [3.05, 3.63) is 71.1 Å². The first-order valence-electron chi connectivity index (χ1n) is 7.26. The summed E-state index contributed by atoms with van der Waals surface area (Å²) in [5.41, 5.74) is 3.54. The molecule has 1 aromatic heterocycles. The molecule has 0 spiro atoms. The molecule has 5 nitrogen and oxygen atoms in total. The van der Waals surface area contributed by atoms with Crippen molar-refractivity contribution in [3.8, 4) is 11.4 Å². The van der Waals surface area contributed by atoms with Gasteiger partial charge in [-0.05, 0) is 37.1 Å². The molecule has 116 valence electrons. The molecule has 2 aromatic carbocycles. The van der Waals surface area contributed by atoms with E-state index in [9.17, 15) is 4.79 Å². The molecule has 3 rings (SSSR count). The molecule has 0 radical (unpaired) electrons. The minimum absolute atomic E-state index is 0.0500. The third-order valence-corrected chi connectivity index (χ3v) is 3.57. The van der Waals surface area contributed by atoms with Gasteiger partial charge in [-0.2, -0.15) is 4.98 Å². The van der Waals surface area contributed by atoms with Crippen molar-refractivity contribution in [3.63, 3.8) is 0 Å². The van der Waals surface area contributed by atoms with Gasteiger partial charge in [-0.15, -0.1) is 0 Å². The van der Waals surface area contributed by atoms with Crippen LogP contribution in [0.25, 0.3) is 11.4 Å². The Balaban J connectivity index is 1.65. The Hall–Kier alpha value is -2.95. The molecule has 0 aliphatic rings. The number of benzene rings is 2. The topological polar surface area (TPSA) is 65.2 Å². The summed E-state index contributed by atoms with van der Waals surface area (Å²) in [6.07, 6.45) is 0. The standard InChI is InChI=1S/C18H16N2O3/c1-12-8-9-15(10-13(12)2)18(21)22-11-16-19-17(20-23-16)14-6-4-3-5-7-14/h3-10H,11H2,1-2H3. The second kappa shape index (κ2) is 6.44. The van der Waals surface area contributed by atoms with Crippen LogP contribution in [0.3, 0.4) is 0 Å². The predicted molar refractivity (Wildman–Crippen MR) is 84.8 cm³/mol. The second-order valence-corrected chi connectivity index (χ2v) is 5.25. The number of carbonyl (C=O) groups excluding carboxylic acids is 1. The quantitative estimate of drug-likeness (QED) is 0.687. The van der Waals surface area contributed by atoms with Crippen molar-refractivity contribution in [2.75, 3.05) is 0 Å². The Morgan fingerprint density at radius 2 is 1.87 bits per heavy atom. The van der Waals surface area contributed by atoms with Crippen LogP contribution in [0.2, 0.25) is 0 Å². The van der Waals surface area contributed by atoms with Gasteiger partial charge < -0.3 is 9.26 Å². The van der Waals surface area contributed by atoms with Gasteiger partial charge in [0, 0.05) is 5.56 Å². The minimum Gasteiger partial charge on any atom is -0.452 e. The van der Waals surface area contributed by atoms with Gasteiger partial charge in [0.2, 0.25) is 5.82 Å². The van der Waals surface area contributed by atoms with E-state index in [2.05, 4.69) is 10.1 Å². The molecule has 0 fully saturated rings. The van der Waals surface area contributed by atoms with Crippen LogP contribution in [0.4, 0.5) is 0 Å². The van der Waals surface area contributed by atoms with E-state index in [0.29, 0.717) is 11.4 Å². The lowest BCUT2D eigenvalue weighted by Crippen LogP contribution is -2.06. The van der Waals surface area contributed by atoms with Gasteiger partial charge in [0.25, 0.3) is 5.89 Å². The Bertz CT molecular complexity index is 825. The predicted octanol–water partition coefficient (Wildman–Crippen LogP) is 3.71. The zero-order valence-corrected chi connectivity index (χ0v) is 12.9. The van der Waals surface area contributed by atoms with E-state index in [4.69, 9.17) is 9.26 Å². The molecule has 0 N–H and O–H groups in total. The maximum atomic E-state index is 12.0. The Kier molecular flexibility index (Phi) is 4.19. The van der Waals surface area contributed by atoms with Gasteiger partial charge in [0.15, 0.2) is 6.61 Å². The normalized spacial score (nSPS) is 10.5. The van der Waals surface area contributed by atoms with Crippen molar-refractivity contribution in [2.45, 2.75) is 20.5 Å². The van der Waals surface area contributed by atoms with Crippen LogP contribution >= 0.6 is 0 Å². The summed E-state index contributed by atoms with van der Waals surface area (Å²) in [6, 6.07) is 14.9. The van der Waals surface area contributed by atoms with E-state index in [1.165, 1.54) is 0 Å². The fourth-order valence-electron chi connectivity index (χ4n) is 2.10. The van der Waals surface area contributed by atoms with Crippen LogP contribution in [0.5, 0.6) is 0 Å². The molecule has 0 aliphatic heterocycles. The summed E-state index contributed by atoms with van der Waals surface area (Å²) in [6.45, 7) is 3.90. The highest BCUT2D eigenvalue weighted by Crippen LogP contribution is 2.16. The summed E-state index contributed by atoms with van der Waals surface area (Å²) in [5.74, 6) is 0.330. The van der Waals surface area contributed by atoms with Crippen LogP contribution < -0.4 is 0 Å². The monoisotopic (exact) mass is 308 g/mol. The highest BCUT2D eigenvalue weighted by molar-refractivity contribution is 5.89. The van der Waals surface area contributed by atoms with Gasteiger partial charge in [0.05, 0.1) is 5.56 Å². The first kappa shape index (κ1) is 15.0. The molecule has 0 aliphatic carbocycles. The van der Waals surface area contributed by atoms with Crippen LogP contribution in [-0.2, 0) is 11.3 Å². The summed E-state index contributed by atoms with van der Waals surface area (Å²) in [7, 11) is 0. The molecule has 0 saturated heterocycles. The number of rotatable bonds is 4. The van der Waals surface area contributed by atoms with Crippen LogP contribution in [0.15, 0.2) is 53.1 Å². The molecule has 23 heavy (non-hydrogen) atoms. The summed E-state index contributed by atoms with van der Waals surface area (Å²) in [5, 5.41) is 3.89. The average Bonchev–Trinajstić information content (AvgIpc) is 3.05. The number of aromatic nitrogens is 2. The summed E-state index contributed by atoms with van der Waals surface area (Å²) in [4.78, 5) is 16.3. The average molecular weight is 308 g/mol. The molecule has 5 heteroatoms. The Labute approximate surface area is 133 Å². The SMILES string of the molecule is Cc1ccc(C(=O)OCc2nc(-c3ccccc3)no2)cc1C. The number of ether oxygens (including phenoxy) is 1. The van der Waals surface area contributed by atoms with Crippen molar-refractivity contribution in [2.24, 2.45) is 0 Å². The third-order valence-electron chi connectivity index (χ3n) is 3.57. The lowest BCUT2D eigenvalue weighted by molar-refractivity contribution is 0.0429. The number of hydrogen-bond donors (Lipinski definition) is 0. The van der Waals surface area contributed by atoms with Crippen molar-refractivity contribution < 1.29 is 14.1 Å². The maximum Gasteiger partial charge on any atom is 0.338 e. The number of carbonyl (C=O) groups is 1. The van der Waals surface area contributed by atoms with E-state index in [0.717, 1.165) is 16.7 Å². The Morgan fingerprint density at radius 3 is 2.61 bits per heavy atom. The van der Waals surface area contributed by atoms with Crippen LogP contribution in [0, 0.1) is 13.8 Å². The van der Waals surface area contributed by atoms with Crippen molar-refractivity contribution in [1.82, 2.24) is 10.1 Å². The lowest BCUT2D eigenvalue weighted by atomic mass is 10.1. The minimum atomic E-state index is -0.410. The number of hydrogen-bond acceptors (Lipinski definition) is 5. The van der Waals surface area contributed by atoms with Crippen molar-refractivity contribution >= 4 is 5.97 Å². The largest absolute Gasteiger partial charge is 0.452 e. The zero-order chi connectivity index (χ0) is 16.2. The number of nitrogens with zero attached hydrogens (tertiary/aromatic N) is 2. The molecule has 1 heterocycles. The molecule has 0 unspecified atom stereocenters. The lowest BCUT2D eigenvalue weighted by Gasteiger charge is -2.04.